The zero-order chi connectivity index (χ0) is 24.1. The summed E-state index contributed by atoms with van der Waals surface area (Å²) in [6.07, 6.45) is -1.60. The minimum absolute atomic E-state index is 0.0532. The van der Waals surface area contributed by atoms with Crippen LogP contribution in [0.15, 0.2) is 18.2 Å². The molecular formula is C21H32FNO7. The second-order valence-corrected chi connectivity index (χ2v) is 7.46. The summed E-state index contributed by atoms with van der Waals surface area (Å²) in [5, 5.41) is 2.32. The lowest BCUT2D eigenvalue weighted by Crippen LogP contribution is -2.29. The molecule has 0 aromatic heterocycles. The summed E-state index contributed by atoms with van der Waals surface area (Å²) in [7, 11) is 1.42. The molecule has 1 aromatic carbocycles. The first-order valence-electron chi connectivity index (χ1n) is 9.29. The van der Waals surface area contributed by atoms with Crippen molar-refractivity contribution >= 4 is 24.5 Å². The van der Waals surface area contributed by atoms with Crippen molar-refractivity contribution in [2.24, 2.45) is 0 Å². The van der Waals surface area contributed by atoms with Gasteiger partial charge in [0, 0.05) is 12.6 Å². The largest absolute Gasteiger partial charge is 0.519 e. The fourth-order valence-electron chi connectivity index (χ4n) is 1.57. The molecule has 0 heterocycles. The maximum absolute atomic E-state index is 12.7. The van der Waals surface area contributed by atoms with Gasteiger partial charge in [-0.2, -0.15) is 0 Å². The summed E-state index contributed by atoms with van der Waals surface area (Å²) < 4.78 is 26.5. The van der Waals surface area contributed by atoms with E-state index in [1.54, 1.807) is 41.5 Å². The number of carbonyl (C=O) groups is 4. The minimum atomic E-state index is -1.06. The van der Waals surface area contributed by atoms with Gasteiger partial charge in [0.25, 0.3) is 5.91 Å². The van der Waals surface area contributed by atoms with Crippen LogP contribution in [0.1, 0.15) is 76.1 Å². The van der Waals surface area contributed by atoms with Crippen LogP contribution in [0.5, 0.6) is 0 Å². The molecule has 1 aromatic rings. The fraction of sp³-hybridized carbons (Fsp3) is 0.524. The molecule has 1 amide bonds. The Balaban J connectivity index is 0. The van der Waals surface area contributed by atoms with Crippen molar-refractivity contribution in [2.45, 2.75) is 66.6 Å². The van der Waals surface area contributed by atoms with Gasteiger partial charge in [-0.1, -0.05) is 13.8 Å². The molecule has 0 spiro atoms. The van der Waals surface area contributed by atoms with Gasteiger partial charge < -0.3 is 19.5 Å². The van der Waals surface area contributed by atoms with Crippen molar-refractivity contribution in [1.82, 2.24) is 5.32 Å². The Morgan fingerprint density at radius 2 is 1.37 bits per heavy atom. The Bertz CT molecular complexity index is 693. The lowest BCUT2D eigenvalue weighted by molar-refractivity contribution is -0.0294. The zero-order valence-electron chi connectivity index (χ0n) is 19.0. The fourth-order valence-corrected chi connectivity index (χ4v) is 1.57. The molecule has 0 aliphatic rings. The molecule has 9 heteroatoms. The van der Waals surface area contributed by atoms with Crippen LogP contribution in [-0.2, 0) is 14.2 Å². The van der Waals surface area contributed by atoms with Gasteiger partial charge in [-0.25, -0.2) is 14.0 Å². The van der Waals surface area contributed by atoms with E-state index in [0.717, 1.165) is 12.1 Å². The van der Waals surface area contributed by atoms with Crippen molar-refractivity contribution in [3.63, 3.8) is 0 Å². The SMILES string of the molecule is CC.CC(C)(C)OC(=O)OC(=O)OC(C)(C)C.CNC(=O)c1cc(F)ccc1C=O. The Labute approximate surface area is 177 Å². The second kappa shape index (κ2) is 13.3. The summed E-state index contributed by atoms with van der Waals surface area (Å²) in [5.74, 6) is -1.01. The van der Waals surface area contributed by atoms with E-state index < -0.39 is 35.2 Å². The second-order valence-electron chi connectivity index (χ2n) is 7.46. The standard InChI is InChI=1S/C10H18O5.C9H8FNO2.C2H6/c1-9(2,3)14-7(11)13-8(12)15-10(4,5)6;1-11-9(13)8-4-7(10)3-2-6(8)5-12;1-2/h1-6H3;2-5H,1H3,(H,11,13);1-2H3. The maximum Gasteiger partial charge on any atom is 0.519 e. The summed E-state index contributed by atoms with van der Waals surface area (Å²) in [6, 6.07) is 3.44. The normalized spacial score (nSPS) is 10.2. The Morgan fingerprint density at radius 3 is 1.70 bits per heavy atom. The lowest BCUT2D eigenvalue weighted by atomic mass is 10.1. The van der Waals surface area contributed by atoms with Gasteiger partial charge in [0.2, 0.25) is 0 Å². The molecule has 30 heavy (non-hydrogen) atoms. The molecule has 0 radical (unpaired) electrons. The van der Waals surface area contributed by atoms with E-state index in [2.05, 4.69) is 10.1 Å². The van der Waals surface area contributed by atoms with Crippen LogP contribution in [0.2, 0.25) is 0 Å². The third-order valence-electron chi connectivity index (χ3n) is 2.56. The van der Waals surface area contributed by atoms with Gasteiger partial charge in [0.15, 0.2) is 6.29 Å². The van der Waals surface area contributed by atoms with E-state index in [1.807, 2.05) is 13.8 Å². The van der Waals surface area contributed by atoms with Crippen LogP contribution in [0, 0.1) is 5.82 Å². The molecule has 0 unspecified atom stereocenters. The van der Waals surface area contributed by atoms with Crippen LogP contribution in [0.3, 0.4) is 0 Å². The van der Waals surface area contributed by atoms with E-state index in [4.69, 9.17) is 9.47 Å². The number of hydrogen-bond acceptors (Lipinski definition) is 7. The number of ether oxygens (including phenoxy) is 3. The smallest absolute Gasteiger partial charge is 0.428 e. The average Bonchev–Trinajstić information content (AvgIpc) is 2.59. The van der Waals surface area contributed by atoms with Crippen LogP contribution in [-0.4, -0.2) is 42.8 Å². The quantitative estimate of drug-likeness (QED) is 0.405. The molecule has 8 nitrogen and oxygen atoms in total. The van der Waals surface area contributed by atoms with Crippen molar-refractivity contribution in [3.8, 4) is 0 Å². The number of amides is 1. The van der Waals surface area contributed by atoms with E-state index in [-0.39, 0.29) is 11.1 Å². The molecule has 0 saturated carbocycles. The lowest BCUT2D eigenvalue weighted by Gasteiger charge is -2.20. The number of halogens is 1. The highest BCUT2D eigenvalue weighted by atomic mass is 19.1. The first kappa shape index (κ1) is 29.2. The molecule has 0 bridgehead atoms. The monoisotopic (exact) mass is 429 g/mol. The van der Waals surface area contributed by atoms with E-state index >= 15 is 0 Å². The van der Waals surface area contributed by atoms with Gasteiger partial charge in [0.05, 0.1) is 5.56 Å². The summed E-state index contributed by atoms with van der Waals surface area (Å²) in [5.41, 5.74) is -1.16. The Kier molecular flexibility index (Phi) is 12.9. The molecule has 1 rings (SSSR count). The van der Waals surface area contributed by atoms with Gasteiger partial charge in [-0.3, -0.25) is 9.59 Å². The number of rotatable bonds is 2. The maximum atomic E-state index is 12.7. The molecule has 0 atom stereocenters. The third-order valence-corrected chi connectivity index (χ3v) is 2.56. The predicted octanol–water partition coefficient (Wildman–Crippen LogP) is 4.90. The zero-order valence-corrected chi connectivity index (χ0v) is 19.0. The van der Waals surface area contributed by atoms with Crippen LogP contribution in [0.4, 0.5) is 14.0 Å². The highest BCUT2D eigenvalue weighted by Crippen LogP contribution is 2.11. The number of aldehydes is 1. The molecule has 0 aliphatic carbocycles. The van der Waals surface area contributed by atoms with E-state index in [1.165, 1.54) is 13.1 Å². The number of carbonyl (C=O) groups excluding carboxylic acids is 4. The Morgan fingerprint density at radius 1 is 0.933 bits per heavy atom. The molecule has 0 fully saturated rings. The first-order chi connectivity index (χ1) is 13.7. The highest BCUT2D eigenvalue weighted by molar-refractivity contribution is 6.01. The van der Waals surface area contributed by atoms with Crippen molar-refractivity contribution in [2.75, 3.05) is 7.05 Å². The predicted molar refractivity (Wildman–Crippen MR) is 110 cm³/mol. The molecular weight excluding hydrogens is 397 g/mol. The van der Waals surface area contributed by atoms with Gasteiger partial charge >= 0.3 is 12.3 Å². The molecule has 1 N–H and O–H groups in total. The minimum Gasteiger partial charge on any atom is -0.428 e. The Hall–Kier alpha value is -2.97. The van der Waals surface area contributed by atoms with Crippen molar-refractivity contribution < 1.29 is 37.8 Å². The highest BCUT2D eigenvalue weighted by Gasteiger charge is 2.24. The van der Waals surface area contributed by atoms with Gasteiger partial charge in [0.1, 0.15) is 17.0 Å². The summed E-state index contributed by atoms with van der Waals surface area (Å²) in [6.45, 7) is 14.0. The molecule has 170 valence electrons. The number of hydrogen-bond donors (Lipinski definition) is 1. The van der Waals surface area contributed by atoms with Crippen molar-refractivity contribution in [3.05, 3.63) is 35.1 Å². The van der Waals surface area contributed by atoms with Crippen LogP contribution in [0.25, 0.3) is 0 Å². The summed E-state index contributed by atoms with van der Waals surface area (Å²) >= 11 is 0. The van der Waals surface area contributed by atoms with Crippen LogP contribution >= 0.6 is 0 Å². The van der Waals surface area contributed by atoms with Gasteiger partial charge in [-0.15, -0.1) is 0 Å². The number of nitrogens with one attached hydrogen (secondary N) is 1. The van der Waals surface area contributed by atoms with Crippen LogP contribution < -0.4 is 5.32 Å². The average molecular weight is 429 g/mol. The van der Waals surface area contributed by atoms with E-state index in [0.29, 0.717) is 6.29 Å². The molecule has 0 saturated heterocycles. The first-order valence-corrected chi connectivity index (χ1v) is 9.29. The topological polar surface area (TPSA) is 108 Å². The van der Waals surface area contributed by atoms with Gasteiger partial charge in [-0.05, 0) is 59.7 Å². The third kappa shape index (κ3) is 14.1. The van der Waals surface area contributed by atoms with E-state index in [9.17, 15) is 23.6 Å². The number of benzene rings is 1. The summed E-state index contributed by atoms with van der Waals surface area (Å²) in [4.78, 5) is 43.6. The van der Waals surface area contributed by atoms with Crippen molar-refractivity contribution in [1.29, 1.82) is 0 Å². The molecule has 0 aliphatic heterocycles.